The van der Waals surface area contributed by atoms with Crippen LogP contribution in [0.2, 0.25) is 0 Å². The topological polar surface area (TPSA) is 191 Å². The van der Waals surface area contributed by atoms with Crippen LogP contribution in [-0.2, 0) is 60.3 Å². The molecule has 0 aliphatic rings. The highest BCUT2D eigenvalue weighted by atomic mass is 32.2. The van der Waals surface area contributed by atoms with Crippen LogP contribution in [0.4, 0.5) is 70.2 Å². The Morgan fingerprint density at radius 2 is 0.541 bits per heavy atom. The van der Waals surface area contributed by atoms with Crippen LogP contribution in [0.3, 0.4) is 0 Å². The van der Waals surface area contributed by atoms with Crippen molar-refractivity contribution in [3.05, 3.63) is 197 Å². The molecule has 0 spiro atoms. The van der Waals surface area contributed by atoms with Gasteiger partial charge in [0, 0.05) is 4.90 Å². The maximum Gasteiger partial charge on any atom is 0.442 e. The number of halogens is 16. The SMILES string of the molecule is Cc1ccc(C(c2ccc(S(=O)(=O)c3cc(S(=O)(=O)c4ccc(C(c5ccc(S(=O)(=O)c6ccc(S(=O)(=O)c7ccc(C)cc7)cc6)cc5)(C(F)(F)F)C(F)(F)F)cc4)ccc3SC(F)(F)C(F)(F)S(=O)(=O)O)cc2)(C(F)(F)F)C(F)(F)F)cc1. The van der Waals surface area contributed by atoms with Gasteiger partial charge in [0.25, 0.3) is 0 Å². The van der Waals surface area contributed by atoms with E-state index in [2.05, 4.69) is 0 Å². The Hall–Kier alpha value is -6.52. The van der Waals surface area contributed by atoms with E-state index in [0.29, 0.717) is 29.8 Å². The maximum absolute atomic E-state index is 15.3. The lowest BCUT2D eigenvalue weighted by molar-refractivity contribution is -0.290. The van der Waals surface area contributed by atoms with Crippen molar-refractivity contribution in [2.24, 2.45) is 0 Å². The summed E-state index contributed by atoms with van der Waals surface area (Å²) >= 11 is -1.70. The number of benzene rings is 7. The molecule has 85 heavy (non-hydrogen) atoms. The summed E-state index contributed by atoms with van der Waals surface area (Å²) in [4.78, 5) is -10.2. The first-order chi connectivity index (χ1) is 38.6. The summed E-state index contributed by atoms with van der Waals surface area (Å²) in [6, 6.07) is 12.3. The van der Waals surface area contributed by atoms with Crippen LogP contribution >= 0.6 is 11.8 Å². The van der Waals surface area contributed by atoms with Crippen molar-refractivity contribution in [3.8, 4) is 0 Å². The monoisotopic (exact) mass is 1330 g/mol. The van der Waals surface area contributed by atoms with Gasteiger partial charge >= 0.3 is 45.3 Å². The molecule has 0 aliphatic heterocycles. The number of alkyl halides is 16. The number of rotatable bonds is 16. The van der Waals surface area contributed by atoms with E-state index in [0.717, 1.165) is 36.4 Å². The Morgan fingerprint density at radius 1 is 0.318 bits per heavy atom. The van der Waals surface area contributed by atoms with E-state index in [9.17, 15) is 77.2 Å². The Morgan fingerprint density at radius 3 is 0.824 bits per heavy atom. The van der Waals surface area contributed by atoms with Gasteiger partial charge < -0.3 is 0 Å². The van der Waals surface area contributed by atoms with E-state index in [1.54, 1.807) is 6.92 Å². The predicted octanol–water partition coefficient (Wildman–Crippen LogP) is 13.6. The molecule has 0 bridgehead atoms. The number of thioether (sulfide) groups is 1. The molecule has 456 valence electrons. The molecule has 0 radical (unpaired) electrons. The molecule has 0 amide bonds. The van der Waals surface area contributed by atoms with Crippen molar-refractivity contribution in [3.63, 3.8) is 0 Å². The zero-order valence-electron chi connectivity index (χ0n) is 42.1. The average Bonchev–Trinajstić information content (AvgIpc) is 0.982. The van der Waals surface area contributed by atoms with Gasteiger partial charge in [-0.3, -0.25) is 4.55 Å². The van der Waals surface area contributed by atoms with Gasteiger partial charge in [-0.2, -0.15) is 78.7 Å². The molecule has 0 aliphatic carbocycles. The summed E-state index contributed by atoms with van der Waals surface area (Å²) in [6.45, 7) is 2.97. The quantitative estimate of drug-likeness (QED) is 0.0548. The van der Waals surface area contributed by atoms with Crippen LogP contribution in [0.15, 0.2) is 208 Å². The molecular weight excluding hydrogens is 1300 g/mol. The molecular formula is C52H34F16O11S6. The van der Waals surface area contributed by atoms with E-state index in [4.69, 9.17) is 4.55 Å². The fourth-order valence-electron chi connectivity index (χ4n) is 8.77. The predicted molar refractivity (Wildman–Crippen MR) is 269 cm³/mol. The van der Waals surface area contributed by atoms with Crippen LogP contribution in [0.1, 0.15) is 33.4 Å². The minimum atomic E-state index is -7.11. The molecule has 33 heteroatoms. The Kier molecular flexibility index (Phi) is 16.9. The number of hydrogen-bond donors (Lipinski definition) is 1. The summed E-state index contributed by atoms with van der Waals surface area (Å²) in [7, 11) is -27.8. The van der Waals surface area contributed by atoms with E-state index in [1.807, 2.05) is 0 Å². The lowest BCUT2D eigenvalue weighted by Crippen LogP contribution is -2.54. The number of hydrogen-bond acceptors (Lipinski definition) is 11. The van der Waals surface area contributed by atoms with Gasteiger partial charge in [-0.15, -0.1) is 0 Å². The first kappa shape index (κ1) is 66.0. The van der Waals surface area contributed by atoms with Crippen LogP contribution in [0.5, 0.6) is 0 Å². The lowest BCUT2D eigenvalue weighted by atomic mass is 9.73. The summed E-state index contributed by atoms with van der Waals surface area (Å²) in [5.41, 5.74) is -16.0. The minimum absolute atomic E-state index is 0.0206. The molecule has 11 nitrogen and oxygen atoms in total. The van der Waals surface area contributed by atoms with Gasteiger partial charge in [-0.05, 0) is 139 Å². The third kappa shape index (κ3) is 11.3. The number of sulfone groups is 4. The molecule has 7 aromatic carbocycles. The van der Waals surface area contributed by atoms with Crippen molar-refractivity contribution in [1.82, 2.24) is 0 Å². The maximum atomic E-state index is 15.3. The molecule has 0 heterocycles. The van der Waals surface area contributed by atoms with Gasteiger partial charge in [-0.1, -0.05) is 83.9 Å². The summed E-state index contributed by atoms with van der Waals surface area (Å²) in [5.74, 6) is 0. The third-order valence-electron chi connectivity index (χ3n) is 13.2. The average molecular weight is 1330 g/mol. The van der Waals surface area contributed by atoms with Crippen LogP contribution in [-0.4, -0.2) is 81.9 Å². The Labute approximate surface area is 476 Å². The Balaban J connectivity index is 1.31. The van der Waals surface area contributed by atoms with Crippen molar-refractivity contribution < 1.29 is 117 Å². The summed E-state index contributed by atoms with van der Waals surface area (Å²) in [6.07, 6.45) is -25.4. The van der Waals surface area contributed by atoms with Gasteiger partial charge in [0.1, 0.15) is 0 Å². The number of aryl methyl sites for hydroxylation is 2. The molecule has 1 N–H and O–H groups in total. The van der Waals surface area contributed by atoms with Crippen molar-refractivity contribution in [2.75, 3.05) is 0 Å². The fraction of sp³-hybridized carbons (Fsp3) is 0.192. The Bertz CT molecular complexity index is 4240. The van der Waals surface area contributed by atoms with Crippen molar-refractivity contribution in [1.29, 1.82) is 0 Å². The standard InChI is InChI=1S/C52H34F16O11S6/c1-30-3-7-32(8-4-30)45(47(53,54)55,48(56,57)58)35-13-21-41(22-14-35)84(75,76)44-29-42(27-28-43(44)80-51(65,66)52(67,68)85(77,78)79)83(73,74)38-19-11-34(12-20-38)46(49(59,60)61,50(62,63)64)33-9-17-37(18-10-33)82(71,72)40-25-23-39(24-26-40)81(69,70)36-15-5-31(2)6-16-36/h3-29H,1-2H3,(H,77,78,79). The largest absolute Gasteiger partial charge is 0.442 e. The summed E-state index contributed by atoms with van der Waals surface area (Å²) in [5, 5.41) is -12.7. The van der Waals surface area contributed by atoms with Gasteiger partial charge in [0.15, 0.2) is 0 Å². The van der Waals surface area contributed by atoms with Crippen LogP contribution in [0, 0.1) is 13.8 Å². The molecule has 7 aromatic rings. The first-order valence-corrected chi connectivity index (χ1v) is 31.2. The highest BCUT2D eigenvalue weighted by Crippen LogP contribution is 2.59. The molecule has 0 atom stereocenters. The lowest BCUT2D eigenvalue weighted by Gasteiger charge is -2.38. The van der Waals surface area contributed by atoms with E-state index in [1.165, 1.54) is 31.2 Å². The first-order valence-electron chi connectivity index (χ1n) is 23.0. The second kappa shape index (κ2) is 21.7. The van der Waals surface area contributed by atoms with Crippen molar-refractivity contribution in [2.45, 2.75) is 104 Å². The van der Waals surface area contributed by atoms with E-state index >= 15 is 35.1 Å². The second-order valence-corrected chi connectivity index (χ2v) is 28.8. The summed E-state index contributed by atoms with van der Waals surface area (Å²) < 4.78 is 382. The normalized spacial score (nSPS) is 14.1. The molecule has 0 saturated heterocycles. The van der Waals surface area contributed by atoms with Gasteiger partial charge in [0.2, 0.25) is 50.2 Å². The van der Waals surface area contributed by atoms with Gasteiger partial charge in [0.05, 0.1) is 39.2 Å². The van der Waals surface area contributed by atoms with Crippen LogP contribution in [0.25, 0.3) is 0 Å². The van der Waals surface area contributed by atoms with Gasteiger partial charge in [-0.25, -0.2) is 33.7 Å². The molecule has 0 saturated carbocycles. The third-order valence-corrected chi connectivity index (χ3v) is 22.6. The molecule has 7 rings (SSSR count). The highest BCUT2D eigenvalue weighted by molar-refractivity contribution is 8.02. The zero-order chi connectivity index (χ0) is 64.0. The van der Waals surface area contributed by atoms with Crippen molar-refractivity contribution >= 4 is 61.2 Å². The van der Waals surface area contributed by atoms with E-state index in [-0.39, 0.29) is 89.3 Å². The van der Waals surface area contributed by atoms with Crippen LogP contribution < -0.4 is 0 Å². The second-order valence-electron chi connectivity index (χ2n) is 18.4. The zero-order valence-corrected chi connectivity index (χ0v) is 47.0. The highest BCUT2D eigenvalue weighted by Gasteiger charge is 2.74. The smallest absolute Gasteiger partial charge is 0.281 e. The molecule has 0 unspecified atom stereocenters. The fourth-order valence-corrected chi connectivity index (χ4v) is 15.9. The molecule has 0 fully saturated rings. The minimum Gasteiger partial charge on any atom is -0.281 e. The molecule has 0 aromatic heterocycles. The van der Waals surface area contributed by atoms with E-state index < -0.39 is 169 Å².